The van der Waals surface area contributed by atoms with E-state index in [9.17, 15) is 4.39 Å². The summed E-state index contributed by atoms with van der Waals surface area (Å²) in [6, 6.07) is 8.55. The molecule has 0 amide bonds. The monoisotopic (exact) mass is 366 g/mol. The lowest BCUT2D eigenvalue weighted by Gasteiger charge is -2.22. The first kappa shape index (κ1) is 16.5. The van der Waals surface area contributed by atoms with E-state index in [2.05, 4.69) is 36.9 Å². The Labute approximate surface area is 138 Å². The predicted octanol–water partition coefficient (Wildman–Crippen LogP) is 3.13. The van der Waals surface area contributed by atoms with Gasteiger partial charge in [-0.2, -0.15) is 0 Å². The van der Waals surface area contributed by atoms with Gasteiger partial charge < -0.3 is 14.8 Å². The zero-order chi connectivity index (χ0) is 16.1. The van der Waals surface area contributed by atoms with Gasteiger partial charge in [-0.3, -0.25) is 4.99 Å². The number of aryl methyl sites for hydroxylation is 1. The van der Waals surface area contributed by atoms with E-state index < -0.39 is 0 Å². The third kappa shape index (κ3) is 4.34. The summed E-state index contributed by atoms with van der Waals surface area (Å²) < 4.78 is 16.0. The summed E-state index contributed by atoms with van der Waals surface area (Å²) in [6.45, 7) is 1.35. The van der Waals surface area contributed by atoms with Crippen molar-refractivity contribution in [2.24, 2.45) is 12.0 Å². The summed E-state index contributed by atoms with van der Waals surface area (Å²) in [5.41, 5.74) is 2.19. The molecule has 0 aliphatic rings. The maximum Gasteiger partial charge on any atom is 0.194 e. The Morgan fingerprint density at radius 3 is 2.59 bits per heavy atom. The van der Waals surface area contributed by atoms with Gasteiger partial charge in [-0.15, -0.1) is 0 Å². The van der Waals surface area contributed by atoms with Crippen molar-refractivity contribution < 1.29 is 4.39 Å². The van der Waals surface area contributed by atoms with E-state index in [1.807, 2.05) is 25.2 Å². The number of hydrogen-bond donors (Lipinski definition) is 1. The maximum absolute atomic E-state index is 12.9. The zero-order valence-corrected chi connectivity index (χ0v) is 14.6. The molecule has 1 heterocycles. The Hall–Kier alpha value is -1.82. The molecule has 0 atom stereocenters. The van der Waals surface area contributed by atoms with E-state index in [1.165, 1.54) is 17.8 Å². The molecule has 4 nitrogen and oxygen atoms in total. The molecule has 0 radical (unpaired) electrons. The number of guanidine groups is 1. The summed E-state index contributed by atoms with van der Waals surface area (Å²) in [6.07, 6.45) is 2.03. The molecule has 0 bridgehead atoms. The molecule has 1 aromatic carbocycles. The predicted molar refractivity (Wildman–Crippen MR) is 91.2 cm³/mol. The van der Waals surface area contributed by atoms with Gasteiger partial charge in [-0.25, -0.2) is 4.39 Å². The lowest BCUT2D eigenvalue weighted by molar-refractivity contribution is 0.461. The first-order valence-corrected chi connectivity index (χ1v) is 7.76. The number of benzene rings is 1. The number of aromatic nitrogens is 1. The molecule has 0 spiro atoms. The second-order valence-corrected chi connectivity index (χ2v) is 6.06. The van der Waals surface area contributed by atoms with Gasteiger partial charge in [-0.1, -0.05) is 12.1 Å². The van der Waals surface area contributed by atoms with Gasteiger partial charge in [0.2, 0.25) is 0 Å². The van der Waals surface area contributed by atoms with Crippen molar-refractivity contribution in [1.29, 1.82) is 0 Å². The SMILES string of the molecule is CN=C(NCc1ccc(F)cc1)N(C)Cc1cc(Br)cn1C. The molecule has 22 heavy (non-hydrogen) atoms. The van der Waals surface area contributed by atoms with Crippen LogP contribution in [-0.4, -0.2) is 29.5 Å². The zero-order valence-electron chi connectivity index (χ0n) is 13.0. The summed E-state index contributed by atoms with van der Waals surface area (Å²) in [4.78, 5) is 6.34. The molecule has 1 aromatic heterocycles. The quantitative estimate of drug-likeness (QED) is 0.665. The molecular formula is C16H20BrFN4. The van der Waals surface area contributed by atoms with Crippen LogP contribution in [0.1, 0.15) is 11.3 Å². The highest BCUT2D eigenvalue weighted by atomic mass is 79.9. The highest BCUT2D eigenvalue weighted by molar-refractivity contribution is 9.10. The standard InChI is InChI=1S/C16H20BrFN4/c1-19-16(20-9-12-4-6-14(18)7-5-12)22(3)11-15-8-13(17)10-21(15)2/h4-8,10H,9,11H2,1-3H3,(H,19,20). The van der Waals surface area contributed by atoms with Crippen molar-refractivity contribution in [1.82, 2.24) is 14.8 Å². The molecule has 0 saturated carbocycles. The van der Waals surface area contributed by atoms with Crippen molar-refractivity contribution >= 4 is 21.9 Å². The maximum atomic E-state index is 12.9. The summed E-state index contributed by atoms with van der Waals surface area (Å²) in [5.74, 6) is 0.571. The van der Waals surface area contributed by atoms with Gasteiger partial charge in [-0.05, 0) is 39.7 Å². The largest absolute Gasteiger partial charge is 0.352 e. The fourth-order valence-corrected chi connectivity index (χ4v) is 2.78. The molecule has 0 saturated heterocycles. The van der Waals surface area contributed by atoms with Crippen LogP contribution in [0.3, 0.4) is 0 Å². The summed E-state index contributed by atoms with van der Waals surface area (Å²) >= 11 is 3.48. The number of aliphatic imine (C=N–C) groups is 1. The second kappa shape index (κ2) is 7.45. The van der Waals surface area contributed by atoms with Crippen LogP contribution in [0.4, 0.5) is 4.39 Å². The van der Waals surface area contributed by atoms with Gasteiger partial charge >= 0.3 is 0 Å². The van der Waals surface area contributed by atoms with Gasteiger partial charge in [0.15, 0.2) is 5.96 Å². The Bertz CT molecular complexity index is 649. The van der Waals surface area contributed by atoms with Crippen molar-refractivity contribution in [3.63, 3.8) is 0 Å². The normalized spacial score (nSPS) is 11.6. The molecule has 6 heteroatoms. The first-order valence-electron chi connectivity index (χ1n) is 6.96. The van der Waals surface area contributed by atoms with E-state index in [-0.39, 0.29) is 5.82 Å². The number of nitrogens with one attached hydrogen (secondary N) is 1. The van der Waals surface area contributed by atoms with Crippen LogP contribution in [-0.2, 0) is 20.1 Å². The Morgan fingerprint density at radius 2 is 2.05 bits per heavy atom. The van der Waals surface area contributed by atoms with E-state index in [1.54, 1.807) is 19.2 Å². The van der Waals surface area contributed by atoms with Crippen LogP contribution >= 0.6 is 15.9 Å². The van der Waals surface area contributed by atoms with Gasteiger partial charge in [0, 0.05) is 44.1 Å². The van der Waals surface area contributed by atoms with Gasteiger partial charge in [0.25, 0.3) is 0 Å². The molecule has 0 aliphatic carbocycles. The minimum atomic E-state index is -0.223. The van der Waals surface area contributed by atoms with Gasteiger partial charge in [0.05, 0.1) is 6.54 Å². The van der Waals surface area contributed by atoms with E-state index in [0.717, 1.165) is 22.5 Å². The minimum Gasteiger partial charge on any atom is -0.352 e. The average Bonchev–Trinajstić information content (AvgIpc) is 2.79. The van der Waals surface area contributed by atoms with Gasteiger partial charge in [0.1, 0.15) is 5.82 Å². The van der Waals surface area contributed by atoms with Crippen LogP contribution in [0.5, 0.6) is 0 Å². The van der Waals surface area contributed by atoms with Crippen LogP contribution < -0.4 is 5.32 Å². The number of halogens is 2. The van der Waals surface area contributed by atoms with E-state index in [0.29, 0.717) is 6.54 Å². The molecule has 0 aliphatic heterocycles. The first-order chi connectivity index (χ1) is 10.5. The fourth-order valence-electron chi connectivity index (χ4n) is 2.21. The topological polar surface area (TPSA) is 32.6 Å². The Kier molecular flexibility index (Phi) is 5.60. The molecule has 2 rings (SSSR count). The second-order valence-electron chi connectivity index (χ2n) is 5.14. The summed E-state index contributed by atoms with van der Waals surface area (Å²) in [5, 5.41) is 3.28. The third-order valence-electron chi connectivity index (χ3n) is 3.41. The minimum absolute atomic E-state index is 0.223. The number of hydrogen-bond acceptors (Lipinski definition) is 1. The van der Waals surface area contributed by atoms with Crippen LogP contribution in [0, 0.1) is 5.82 Å². The molecule has 1 N–H and O–H groups in total. The average molecular weight is 367 g/mol. The van der Waals surface area contributed by atoms with Crippen LogP contribution in [0.25, 0.3) is 0 Å². The Balaban J connectivity index is 1.96. The van der Waals surface area contributed by atoms with Crippen molar-refractivity contribution in [2.75, 3.05) is 14.1 Å². The van der Waals surface area contributed by atoms with Crippen LogP contribution in [0.2, 0.25) is 0 Å². The highest BCUT2D eigenvalue weighted by Gasteiger charge is 2.09. The highest BCUT2D eigenvalue weighted by Crippen LogP contribution is 2.15. The number of nitrogens with zero attached hydrogens (tertiary/aromatic N) is 3. The Morgan fingerprint density at radius 1 is 1.36 bits per heavy atom. The molecule has 118 valence electrons. The van der Waals surface area contributed by atoms with E-state index >= 15 is 0 Å². The van der Waals surface area contributed by atoms with Crippen molar-refractivity contribution in [3.05, 3.63) is 58.1 Å². The molecule has 2 aromatic rings. The number of rotatable bonds is 4. The lowest BCUT2D eigenvalue weighted by atomic mass is 10.2. The third-order valence-corrected chi connectivity index (χ3v) is 3.84. The molecular weight excluding hydrogens is 347 g/mol. The molecule has 0 fully saturated rings. The van der Waals surface area contributed by atoms with Crippen molar-refractivity contribution in [3.8, 4) is 0 Å². The van der Waals surface area contributed by atoms with E-state index in [4.69, 9.17) is 0 Å². The van der Waals surface area contributed by atoms with Crippen molar-refractivity contribution in [2.45, 2.75) is 13.1 Å². The molecule has 0 unspecified atom stereocenters. The lowest BCUT2D eigenvalue weighted by Crippen LogP contribution is -2.38. The summed E-state index contributed by atoms with van der Waals surface area (Å²) in [7, 11) is 5.76. The van der Waals surface area contributed by atoms with Crippen LogP contribution in [0.15, 0.2) is 46.0 Å². The fraction of sp³-hybridized carbons (Fsp3) is 0.312. The smallest absolute Gasteiger partial charge is 0.194 e.